The summed E-state index contributed by atoms with van der Waals surface area (Å²) in [5, 5.41) is 11.6. The highest BCUT2D eigenvalue weighted by atomic mass is 35.5. The van der Waals surface area contributed by atoms with E-state index in [0.29, 0.717) is 34.2 Å². The molecule has 5 rings (SSSR count). The first kappa shape index (κ1) is 28.4. The zero-order chi connectivity index (χ0) is 28.9. The van der Waals surface area contributed by atoms with Crippen molar-refractivity contribution in [3.8, 4) is 11.1 Å². The van der Waals surface area contributed by atoms with Crippen molar-refractivity contribution in [2.75, 3.05) is 19.3 Å². The number of rotatable bonds is 6. The molecule has 2 aliphatic rings. The van der Waals surface area contributed by atoms with Gasteiger partial charge in [0, 0.05) is 23.4 Å². The number of hydrogen-bond donors (Lipinski definition) is 1. The normalized spacial score (nSPS) is 20.2. The number of piperidine rings is 1. The van der Waals surface area contributed by atoms with Crippen LogP contribution < -0.4 is 0 Å². The van der Waals surface area contributed by atoms with Gasteiger partial charge in [-0.05, 0) is 66.3 Å². The Morgan fingerprint density at radius 3 is 2.42 bits per heavy atom. The van der Waals surface area contributed by atoms with Crippen molar-refractivity contribution in [1.29, 1.82) is 0 Å². The van der Waals surface area contributed by atoms with Crippen molar-refractivity contribution in [3.05, 3.63) is 94.2 Å². The molecule has 0 amide bonds. The summed E-state index contributed by atoms with van der Waals surface area (Å²) in [6.45, 7) is 1.81. The maximum atomic E-state index is 13.2. The van der Waals surface area contributed by atoms with Crippen LogP contribution in [-0.2, 0) is 35.1 Å². The Labute approximate surface area is 238 Å². The van der Waals surface area contributed by atoms with Crippen LogP contribution >= 0.6 is 11.6 Å². The van der Waals surface area contributed by atoms with Crippen LogP contribution in [0.25, 0.3) is 16.7 Å². The number of ether oxygens (including phenoxy) is 1. The highest BCUT2D eigenvalue weighted by Crippen LogP contribution is 2.44. The zero-order valence-electron chi connectivity index (χ0n) is 21.9. The van der Waals surface area contributed by atoms with Crippen LogP contribution in [0.5, 0.6) is 0 Å². The van der Waals surface area contributed by atoms with E-state index >= 15 is 0 Å². The molecule has 1 fully saturated rings. The second-order valence-corrected chi connectivity index (χ2v) is 14.6. The van der Waals surface area contributed by atoms with Gasteiger partial charge in [-0.25, -0.2) is 21.6 Å². The largest absolute Gasteiger partial charge is 0.507 e. The molecule has 210 valence electrons. The van der Waals surface area contributed by atoms with Gasteiger partial charge in [-0.1, -0.05) is 54.1 Å². The molecular formula is C29H28ClNO7S2. The predicted octanol–water partition coefficient (Wildman–Crippen LogP) is 4.91. The SMILES string of the molecule is Cc1cc(-c2cccc(S(C)(=O)=O)c2)c(Cl)cc1C1=C(O)C2(CCCN(S(=O)(=O)Cc3ccccc3)C2)OC1=O. The highest BCUT2D eigenvalue weighted by Gasteiger charge is 2.52. The van der Waals surface area contributed by atoms with Gasteiger partial charge in [0.15, 0.2) is 21.2 Å². The van der Waals surface area contributed by atoms with Gasteiger partial charge in [0.2, 0.25) is 10.0 Å². The minimum absolute atomic E-state index is 0.0573. The standard InChI is InChI=1S/C29H28ClNO7S2/c1-19-14-24(21-10-6-11-22(15-21)39(2,34)35)25(30)16-23(19)26-27(32)29(38-28(26)33)12-7-13-31(18-29)40(36,37)17-20-8-4-3-5-9-20/h3-6,8-11,14-16,32H,7,12-13,17-18H2,1-2H3. The summed E-state index contributed by atoms with van der Waals surface area (Å²) in [4.78, 5) is 13.3. The van der Waals surface area contributed by atoms with Crippen LogP contribution in [0.15, 0.2) is 77.4 Å². The molecule has 11 heteroatoms. The van der Waals surface area contributed by atoms with E-state index in [0.717, 1.165) is 6.26 Å². The average molecular weight is 602 g/mol. The molecule has 2 aliphatic heterocycles. The van der Waals surface area contributed by atoms with Gasteiger partial charge in [-0.15, -0.1) is 0 Å². The Kier molecular flexibility index (Phi) is 7.33. The number of carbonyl (C=O) groups excluding carboxylic acids is 1. The smallest absolute Gasteiger partial charge is 0.343 e. The van der Waals surface area contributed by atoms with E-state index in [1.807, 2.05) is 6.07 Å². The molecule has 1 spiro atoms. The maximum absolute atomic E-state index is 13.2. The Morgan fingerprint density at radius 2 is 1.73 bits per heavy atom. The number of nitrogens with zero attached hydrogens (tertiary/aromatic N) is 1. The molecule has 3 aromatic rings. The molecule has 2 heterocycles. The van der Waals surface area contributed by atoms with E-state index in [9.17, 15) is 26.7 Å². The van der Waals surface area contributed by atoms with Crippen LogP contribution in [0.3, 0.4) is 0 Å². The van der Waals surface area contributed by atoms with Crippen molar-refractivity contribution in [3.63, 3.8) is 0 Å². The Hall–Kier alpha value is -3.18. The number of halogens is 1. The number of aliphatic hydroxyl groups is 1. The lowest BCUT2D eigenvalue weighted by Crippen LogP contribution is -2.51. The van der Waals surface area contributed by atoms with Crippen LogP contribution in [0.2, 0.25) is 5.02 Å². The van der Waals surface area contributed by atoms with Gasteiger partial charge in [-0.3, -0.25) is 0 Å². The number of aryl methyl sites for hydroxylation is 1. The minimum atomic E-state index is -3.74. The van der Waals surface area contributed by atoms with Crippen molar-refractivity contribution < 1.29 is 31.5 Å². The van der Waals surface area contributed by atoms with E-state index in [1.54, 1.807) is 49.4 Å². The fourth-order valence-corrected chi connectivity index (χ4v) is 7.83. The summed E-state index contributed by atoms with van der Waals surface area (Å²) in [6.07, 6.45) is 1.79. The molecule has 40 heavy (non-hydrogen) atoms. The maximum Gasteiger partial charge on any atom is 0.343 e. The average Bonchev–Trinajstić information content (AvgIpc) is 3.13. The molecule has 1 unspecified atom stereocenters. The first-order valence-electron chi connectivity index (χ1n) is 12.6. The Bertz CT molecular complexity index is 1750. The van der Waals surface area contributed by atoms with Gasteiger partial charge >= 0.3 is 5.97 Å². The number of sulfonamides is 1. The molecule has 1 N–H and O–H groups in total. The lowest BCUT2D eigenvalue weighted by Gasteiger charge is -2.38. The number of aliphatic hydroxyl groups excluding tert-OH is 1. The molecule has 0 saturated carbocycles. The van der Waals surface area contributed by atoms with E-state index < -0.39 is 31.4 Å². The third-order valence-corrected chi connectivity index (χ3v) is 10.5. The van der Waals surface area contributed by atoms with Gasteiger partial charge < -0.3 is 9.84 Å². The summed E-state index contributed by atoms with van der Waals surface area (Å²) in [6, 6.07) is 18.4. The molecule has 8 nitrogen and oxygen atoms in total. The van der Waals surface area contributed by atoms with Crippen molar-refractivity contribution >= 4 is 43.0 Å². The van der Waals surface area contributed by atoms with E-state index in [-0.39, 0.29) is 46.5 Å². The fraction of sp³-hybridized carbons (Fsp3) is 0.276. The van der Waals surface area contributed by atoms with Crippen molar-refractivity contribution in [1.82, 2.24) is 4.31 Å². The summed E-state index contributed by atoms with van der Waals surface area (Å²) >= 11 is 6.62. The quantitative estimate of drug-likeness (QED) is 0.399. The second kappa shape index (κ2) is 10.3. The third kappa shape index (κ3) is 5.28. The van der Waals surface area contributed by atoms with Crippen LogP contribution in [-0.4, -0.2) is 57.2 Å². The third-order valence-electron chi connectivity index (χ3n) is 7.32. The molecule has 1 saturated heterocycles. The van der Waals surface area contributed by atoms with E-state index in [4.69, 9.17) is 16.3 Å². The number of sulfone groups is 1. The minimum Gasteiger partial charge on any atom is -0.507 e. The summed E-state index contributed by atoms with van der Waals surface area (Å²) in [7, 11) is -7.18. The molecule has 3 aromatic carbocycles. The number of carbonyl (C=O) groups is 1. The van der Waals surface area contributed by atoms with Crippen LogP contribution in [0.4, 0.5) is 0 Å². The van der Waals surface area contributed by atoms with Crippen LogP contribution in [0.1, 0.15) is 29.5 Å². The first-order valence-corrected chi connectivity index (χ1v) is 16.5. The highest BCUT2D eigenvalue weighted by molar-refractivity contribution is 7.90. The van der Waals surface area contributed by atoms with Gasteiger partial charge in [0.05, 0.1) is 17.2 Å². The predicted molar refractivity (Wildman–Crippen MR) is 153 cm³/mol. The zero-order valence-corrected chi connectivity index (χ0v) is 24.3. The van der Waals surface area contributed by atoms with Crippen LogP contribution in [0, 0.1) is 6.92 Å². The Balaban J connectivity index is 1.49. The number of benzene rings is 3. The van der Waals surface area contributed by atoms with Crippen molar-refractivity contribution in [2.45, 2.75) is 36.0 Å². The molecule has 0 bridgehead atoms. The number of esters is 1. The van der Waals surface area contributed by atoms with Gasteiger partial charge in [0.1, 0.15) is 5.57 Å². The summed E-state index contributed by atoms with van der Waals surface area (Å²) < 4.78 is 57.5. The van der Waals surface area contributed by atoms with E-state index in [2.05, 4.69) is 0 Å². The second-order valence-electron chi connectivity index (χ2n) is 10.2. The molecule has 0 aromatic heterocycles. The number of hydrogen-bond acceptors (Lipinski definition) is 7. The van der Waals surface area contributed by atoms with Gasteiger partial charge in [0.25, 0.3) is 0 Å². The Morgan fingerprint density at radius 1 is 1.00 bits per heavy atom. The van der Waals surface area contributed by atoms with Crippen molar-refractivity contribution in [2.24, 2.45) is 0 Å². The summed E-state index contributed by atoms with van der Waals surface area (Å²) in [5.74, 6) is -1.28. The molecular weight excluding hydrogens is 574 g/mol. The topological polar surface area (TPSA) is 118 Å². The van der Waals surface area contributed by atoms with E-state index in [1.165, 1.54) is 22.5 Å². The monoisotopic (exact) mass is 601 g/mol. The molecule has 0 radical (unpaired) electrons. The molecule has 0 aliphatic carbocycles. The fourth-order valence-electron chi connectivity index (χ4n) is 5.28. The molecule has 1 atom stereocenters. The lowest BCUT2D eigenvalue weighted by molar-refractivity contribution is -0.150. The summed E-state index contributed by atoms with van der Waals surface area (Å²) in [5.41, 5.74) is 1.19. The lowest BCUT2D eigenvalue weighted by atomic mass is 9.88. The van der Waals surface area contributed by atoms with Gasteiger partial charge in [-0.2, -0.15) is 4.31 Å². The first-order chi connectivity index (χ1) is 18.8.